The summed E-state index contributed by atoms with van der Waals surface area (Å²) in [6, 6.07) is 7.30. The zero-order chi connectivity index (χ0) is 18.1. The smallest absolute Gasteiger partial charge is 0.241 e. The van der Waals surface area contributed by atoms with Crippen LogP contribution in [0.1, 0.15) is 12.1 Å². The lowest BCUT2D eigenvalue weighted by molar-refractivity contribution is -0.121. The van der Waals surface area contributed by atoms with E-state index in [4.69, 9.17) is 9.47 Å². The first-order chi connectivity index (χ1) is 12.1. The predicted molar refractivity (Wildman–Crippen MR) is 93.5 cm³/mol. The lowest BCUT2D eigenvalue weighted by atomic mass is 10.3. The molecule has 0 saturated carbocycles. The molecule has 1 N–H and O–H groups in total. The van der Waals surface area contributed by atoms with Crippen LogP contribution in [-0.4, -0.2) is 60.1 Å². The lowest BCUT2D eigenvalue weighted by Gasteiger charge is -2.09. The molecule has 1 amide bonds. The number of nitrogens with one attached hydrogen (secondary N) is 1. The first kappa shape index (κ1) is 18.7. The van der Waals surface area contributed by atoms with Crippen LogP contribution in [0.25, 0.3) is 0 Å². The van der Waals surface area contributed by atoms with Gasteiger partial charge in [-0.15, -0.1) is 5.10 Å². The second-order valence-corrected chi connectivity index (χ2v) is 5.88. The average Bonchev–Trinajstić information content (AvgIpc) is 3.04. The Balaban J connectivity index is 1.72. The number of carbonyl (C=O) groups excluding carboxylic acids is 1. The minimum absolute atomic E-state index is 0.0775. The van der Waals surface area contributed by atoms with Crippen LogP contribution in [0.5, 0.6) is 11.5 Å². The summed E-state index contributed by atoms with van der Waals surface area (Å²) < 4.78 is 12.2. The molecule has 0 unspecified atom stereocenters. The summed E-state index contributed by atoms with van der Waals surface area (Å²) in [5.74, 6) is 1.41. The third kappa shape index (κ3) is 6.80. The summed E-state index contributed by atoms with van der Waals surface area (Å²) in [7, 11) is 5.63. The Hall–Kier alpha value is -2.61. The Bertz CT molecular complexity index is 655. The van der Waals surface area contributed by atoms with Gasteiger partial charge >= 0.3 is 0 Å². The third-order valence-corrected chi connectivity index (χ3v) is 3.44. The molecule has 0 aliphatic carbocycles. The molecule has 1 aromatic heterocycles. The monoisotopic (exact) mass is 347 g/mol. The van der Waals surface area contributed by atoms with Crippen molar-refractivity contribution < 1.29 is 14.3 Å². The Morgan fingerprint density at radius 1 is 1.24 bits per heavy atom. The molecule has 8 nitrogen and oxygen atoms in total. The normalized spacial score (nSPS) is 10.7. The summed E-state index contributed by atoms with van der Waals surface area (Å²) in [5.41, 5.74) is 0.663. The van der Waals surface area contributed by atoms with Crippen LogP contribution in [0.15, 0.2) is 30.5 Å². The standard InChI is InChI=1S/C17H25N5O3/c1-21(2)10-4-9-18-17(23)12-22-11-14(19-20-22)13-25-16-7-5-15(24-3)6-8-16/h5-8,11H,4,9-10,12-13H2,1-3H3,(H,18,23). The highest BCUT2D eigenvalue weighted by molar-refractivity contribution is 5.75. The fourth-order valence-electron chi connectivity index (χ4n) is 2.14. The van der Waals surface area contributed by atoms with Gasteiger partial charge in [0, 0.05) is 6.54 Å². The number of carbonyl (C=O) groups is 1. The maximum Gasteiger partial charge on any atom is 0.241 e. The van der Waals surface area contributed by atoms with Crippen LogP contribution in [0.2, 0.25) is 0 Å². The van der Waals surface area contributed by atoms with Gasteiger partial charge in [0.2, 0.25) is 5.91 Å². The van der Waals surface area contributed by atoms with Gasteiger partial charge in [0.05, 0.1) is 13.3 Å². The molecule has 136 valence electrons. The number of aromatic nitrogens is 3. The number of ether oxygens (including phenoxy) is 2. The van der Waals surface area contributed by atoms with E-state index in [2.05, 4.69) is 20.5 Å². The van der Waals surface area contributed by atoms with Gasteiger partial charge in [0.15, 0.2) is 0 Å². The van der Waals surface area contributed by atoms with Gasteiger partial charge in [0.25, 0.3) is 0 Å². The second-order valence-electron chi connectivity index (χ2n) is 5.88. The van der Waals surface area contributed by atoms with Gasteiger partial charge < -0.3 is 19.7 Å². The van der Waals surface area contributed by atoms with Crippen molar-refractivity contribution in [3.8, 4) is 11.5 Å². The highest BCUT2D eigenvalue weighted by Crippen LogP contribution is 2.17. The minimum atomic E-state index is -0.0775. The zero-order valence-corrected chi connectivity index (χ0v) is 14.9. The molecule has 8 heteroatoms. The van der Waals surface area contributed by atoms with Crippen molar-refractivity contribution in [2.45, 2.75) is 19.6 Å². The maximum atomic E-state index is 11.8. The van der Waals surface area contributed by atoms with Crippen LogP contribution in [-0.2, 0) is 17.9 Å². The number of hydrogen-bond acceptors (Lipinski definition) is 6. The number of amides is 1. The number of rotatable bonds is 10. The van der Waals surface area contributed by atoms with E-state index in [1.54, 1.807) is 13.3 Å². The van der Waals surface area contributed by atoms with Gasteiger partial charge in [0.1, 0.15) is 30.3 Å². The summed E-state index contributed by atoms with van der Waals surface area (Å²) in [6.45, 7) is 2.03. The van der Waals surface area contributed by atoms with E-state index >= 15 is 0 Å². The fraction of sp³-hybridized carbons (Fsp3) is 0.471. The Kier molecular flexibility index (Phi) is 7.21. The highest BCUT2D eigenvalue weighted by atomic mass is 16.5. The quantitative estimate of drug-likeness (QED) is 0.644. The van der Waals surface area contributed by atoms with Crippen molar-refractivity contribution >= 4 is 5.91 Å². The molecule has 0 atom stereocenters. The van der Waals surface area contributed by atoms with Gasteiger partial charge in [-0.2, -0.15) is 0 Å². The van der Waals surface area contributed by atoms with E-state index < -0.39 is 0 Å². The van der Waals surface area contributed by atoms with Crippen LogP contribution in [0.3, 0.4) is 0 Å². The van der Waals surface area contributed by atoms with Crippen molar-refractivity contribution in [2.75, 3.05) is 34.3 Å². The molecule has 1 heterocycles. The molecule has 0 saturated heterocycles. The average molecular weight is 347 g/mol. The summed E-state index contributed by atoms with van der Waals surface area (Å²) in [4.78, 5) is 13.9. The van der Waals surface area contributed by atoms with Crippen LogP contribution in [0, 0.1) is 0 Å². The second kappa shape index (κ2) is 9.63. The van der Waals surface area contributed by atoms with Crippen LogP contribution in [0.4, 0.5) is 0 Å². The molecule has 2 rings (SSSR count). The maximum absolute atomic E-state index is 11.8. The number of hydrogen-bond donors (Lipinski definition) is 1. The topological polar surface area (TPSA) is 81.5 Å². The minimum Gasteiger partial charge on any atom is -0.497 e. The molecule has 0 fully saturated rings. The Morgan fingerprint density at radius 2 is 1.96 bits per heavy atom. The van der Waals surface area contributed by atoms with Crippen LogP contribution < -0.4 is 14.8 Å². The van der Waals surface area contributed by atoms with E-state index in [1.165, 1.54) is 4.68 Å². The number of benzene rings is 1. The number of methoxy groups -OCH3 is 1. The van der Waals surface area contributed by atoms with Gasteiger partial charge in [-0.05, 0) is 51.3 Å². The predicted octanol–water partition coefficient (Wildman–Crippen LogP) is 0.934. The van der Waals surface area contributed by atoms with E-state index in [1.807, 2.05) is 38.4 Å². The third-order valence-electron chi connectivity index (χ3n) is 3.44. The molecular formula is C17H25N5O3. The van der Waals surface area contributed by atoms with E-state index in [-0.39, 0.29) is 19.1 Å². The molecule has 2 aromatic rings. The van der Waals surface area contributed by atoms with Crippen molar-refractivity contribution in [3.63, 3.8) is 0 Å². The molecule has 0 aliphatic heterocycles. The molecule has 0 aliphatic rings. The summed E-state index contributed by atoms with van der Waals surface area (Å²) in [6.07, 6.45) is 2.62. The Labute approximate surface area is 147 Å². The van der Waals surface area contributed by atoms with Crippen molar-refractivity contribution in [1.29, 1.82) is 0 Å². The molecule has 0 spiro atoms. The van der Waals surface area contributed by atoms with E-state index in [9.17, 15) is 4.79 Å². The number of nitrogens with zero attached hydrogens (tertiary/aromatic N) is 4. The van der Waals surface area contributed by atoms with Gasteiger partial charge in [-0.25, -0.2) is 4.68 Å². The van der Waals surface area contributed by atoms with Crippen LogP contribution >= 0.6 is 0 Å². The first-order valence-corrected chi connectivity index (χ1v) is 8.14. The molecule has 0 radical (unpaired) electrons. The largest absolute Gasteiger partial charge is 0.497 e. The summed E-state index contributed by atoms with van der Waals surface area (Å²) >= 11 is 0. The van der Waals surface area contributed by atoms with Gasteiger partial charge in [-0.1, -0.05) is 5.21 Å². The van der Waals surface area contributed by atoms with Crippen molar-refractivity contribution in [2.24, 2.45) is 0 Å². The van der Waals surface area contributed by atoms with E-state index in [0.29, 0.717) is 18.0 Å². The SMILES string of the molecule is COc1ccc(OCc2cn(CC(=O)NCCCN(C)C)nn2)cc1. The first-order valence-electron chi connectivity index (χ1n) is 8.14. The van der Waals surface area contributed by atoms with Crippen molar-refractivity contribution in [3.05, 3.63) is 36.2 Å². The van der Waals surface area contributed by atoms with E-state index in [0.717, 1.165) is 18.7 Å². The molecular weight excluding hydrogens is 322 g/mol. The van der Waals surface area contributed by atoms with Gasteiger partial charge in [-0.3, -0.25) is 4.79 Å². The summed E-state index contributed by atoms with van der Waals surface area (Å²) in [5, 5.41) is 10.8. The zero-order valence-electron chi connectivity index (χ0n) is 14.9. The lowest BCUT2D eigenvalue weighted by Crippen LogP contribution is -2.30. The molecule has 0 bridgehead atoms. The fourth-order valence-corrected chi connectivity index (χ4v) is 2.14. The molecule has 25 heavy (non-hydrogen) atoms. The highest BCUT2D eigenvalue weighted by Gasteiger charge is 2.06. The Morgan fingerprint density at radius 3 is 2.64 bits per heavy atom. The van der Waals surface area contributed by atoms with Crippen molar-refractivity contribution in [1.82, 2.24) is 25.2 Å². The molecule has 1 aromatic carbocycles.